The van der Waals surface area contributed by atoms with Gasteiger partial charge in [0, 0.05) is 7.11 Å². The molecule has 0 fully saturated rings. The minimum absolute atomic E-state index is 0.272. The number of rotatable bonds is 6. The standard InChI is InChI=1S/C11H15NO3/c1-14-8-6-10-2-4-11(5-3-10)15-9-7-12-13/h2-5,7,13H,6,8-9H2,1H3/b12-7-. The van der Waals surface area contributed by atoms with Gasteiger partial charge in [0.25, 0.3) is 0 Å². The summed E-state index contributed by atoms with van der Waals surface area (Å²) in [6.45, 7) is 0.991. The van der Waals surface area contributed by atoms with E-state index in [0.717, 1.165) is 18.8 Å². The Balaban J connectivity index is 2.41. The topological polar surface area (TPSA) is 51.0 Å². The van der Waals surface area contributed by atoms with Gasteiger partial charge in [-0.2, -0.15) is 0 Å². The molecule has 0 spiro atoms. The Labute approximate surface area is 89.1 Å². The first-order chi connectivity index (χ1) is 7.36. The molecule has 0 aromatic heterocycles. The van der Waals surface area contributed by atoms with E-state index in [9.17, 15) is 0 Å². The van der Waals surface area contributed by atoms with E-state index >= 15 is 0 Å². The van der Waals surface area contributed by atoms with Crippen molar-refractivity contribution < 1.29 is 14.7 Å². The maximum atomic E-state index is 8.16. The van der Waals surface area contributed by atoms with Gasteiger partial charge in [-0.05, 0) is 24.1 Å². The van der Waals surface area contributed by atoms with Crippen molar-refractivity contribution in [3.8, 4) is 5.75 Å². The van der Waals surface area contributed by atoms with Crippen LogP contribution < -0.4 is 4.74 Å². The van der Waals surface area contributed by atoms with Crippen LogP contribution in [-0.2, 0) is 11.2 Å². The lowest BCUT2D eigenvalue weighted by atomic mass is 10.1. The summed E-state index contributed by atoms with van der Waals surface area (Å²) < 4.78 is 10.2. The predicted octanol–water partition coefficient (Wildman–Crippen LogP) is 1.71. The van der Waals surface area contributed by atoms with Gasteiger partial charge >= 0.3 is 0 Å². The van der Waals surface area contributed by atoms with Gasteiger partial charge in [0.1, 0.15) is 12.4 Å². The molecule has 0 unspecified atom stereocenters. The molecule has 15 heavy (non-hydrogen) atoms. The molecular weight excluding hydrogens is 194 g/mol. The highest BCUT2D eigenvalue weighted by Gasteiger charge is 1.94. The molecule has 0 aliphatic heterocycles. The van der Waals surface area contributed by atoms with Crippen molar-refractivity contribution in [1.82, 2.24) is 0 Å². The minimum atomic E-state index is 0.272. The van der Waals surface area contributed by atoms with Crippen LogP contribution in [0.1, 0.15) is 5.56 Å². The van der Waals surface area contributed by atoms with Crippen LogP contribution in [0, 0.1) is 0 Å². The summed E-state index contributed by atoms with van der Waals surface area (Å²) in [5, 5.41) is 11.0. The Hall–Kier alpha value is -1.55. The van der Waals surface area contributed by atoms with Gasteiger partial charge in [-0.3, -0.25) is 0 Å². The van der Waals surface area contributed by atoms with E-state index in [1.54, 1.807) is 7.11 Å². The van der Waals surface area contributed by atoms with Gasteiger partial charge in [0.2, 0.25) is 0 Å². The molecule has 0 aliphatic carbocycles. The third-order valence-electron chi connectivity index (χ3n) is 1.92. The van der Waals surface area contributed by atoms with E-state index in [1.165, 1.54) is 11.8 Å². The third-order valence-corrected chi connectivity index (χ3v) is 1.92. The number of hydrogen-bond donors (Lipinski definition) is 1. The summed E-state index contributed by atoms with van der Waals surface area (Å²) in [5.41, 5.74) is 1.21. The van der Waals surface area contributed by atoms with E-state index in [4.69, 9.17) is 14.7 Å². The first kappa shape index (κ1) is 11.5. The lowest BCUT2D eigenvalue weighted by Gasteiger charge is -2.04. The number of oxime groups is 1. The SMILES string of the molecule is COCCc1ccc(OC/C=N\O)cc1. The Morgan fingerprint density at radius 2 is 2.07 bits per heavy atom. The molecule has 0 bridgehead atoms. The van der Waals surface area contributed by atoms with E-state index in [0.29, 0.717) is 0 Å². The van der Waals surface area contributed by atoms with Crippen molar-refractivity contribution in [2.45, 2.75) is 6.42 Å². The Kier molecular flexibility index (Phi) is 5.25. The molecule has 4 heteroatoms. The maximum Gasteiger partial charge on any atom is 0.127 e. The predicted molar refractivity (Wildman–Crippen MR) is 57.8 cm³/mol. The largest absolute Gasteiger partial charge is 0.488 e. The maximum absolute atomic E-state index is 8.16. The van der Waals surface area contributed by atoms with Gasteiger partial charge in [-0.25, -0.2) is 0 Å². The van der Waals surface area contributed by atoms with Crippen LogP contribution in [0.15, 0.2) is 29.4 Å². The van der Waals surface area contributed by atoms with Crippen molar-refractivity contribution >= 4 is 6.21 Å². The number of benzene rings is 1. The number of methoxy groups -OCH3 is 1. The molecule has 0 aliphatic rings. The molecule has 82 valence electrons. The second-order valence-corrected chi connectivity index (χ2v) is 3.00. The van der Waals surface area contributed by atoms with Gasteiger partial charge in [0.15, 0.2) is 0 Å². The Morgan fingerprint density at radius 1 is 1.33 bits per heavy atom. The van der Waals surface area contributed by atoms with E-state index < -0.39 is 0 Å². The molecule has 0 saturated heterocycles. The van der Waals surface area contributed by atoms with Crippen LogP contribution in [0.3, 0.4) is 0 Å². The minimum Gasteiger partial charge on any atom is -0.488 e. The average molecular weight is 209 g/mol. The zero-order chi connectivity index (χ0) is 10.9. The zero-order valence-electron chi connectivity index (χ0n) is 8.72. The van der Waals surface area contributed by atoms with Gasteiger partial charge in [-0.1, -0.05) is 17.3 Å². The molecule has 0 amide bonds. The third kappa shape index (κ3) is 4.46. The van der Waals surface area contributed by atoms with Crippen LogP contribution >= 0.6 is 0 Å². The van der Waals surface area contributed by atoms with Gasteiger partial charge in [-0.15, -0.1) is 0 Å². The molecule has 1 N–H and O–H groups in total. The van der Waals surface area contributed by atoms with Crippen LogP contribution in [0.2, 0.25) is 0 Å². The quantitative estimate of drug-likeness (QED) is 0.441. The normalized spacial score (nSPS) is 10.7. The summed E-state index contributed by atoms with van der Waals surface area (Å²) in [6.07, 6.45) is 2.19. The van der Waals surface area contributed by atoms with Gasteiger partial charge < -0.3 is 14.7 Å². The zero-order valence-corrected chi connectivity index (χ0v) is 8.72. The molecule has 0 radical (unpaired) electrons. The first-order valence-electron chi connectivity index (χ1n) is 4.73. The number of hydrogen-bond acceptors (Lipinski definition) is 4. The second kappa shape index (κ2) is 6.84. The van der Waals surface area contributed by atoms with Crippen LogP contribution in [0.5, 0.6) is 5.75 Å². The Morgan fingerprint density at radius 3 is 2.67 bits per heavy atom. The smallest absolute Gasteiger partial charge is 0.127 e. The van der Waals surface area contributed by atoms with Crippen LogP contribution in [0.25, 0.3) is 0 Å². The molecule has 1 rings (SSSR count). The summed E-state index contributed by atoms with van der Waals surface area (Å²) in [5.74, 6) is 0.760. The number of nitrogens with zero attached hydrogens (tertiary/aromatic N) is 1. The van der Waals surface area contributed by atoms with Crippen LogP contribution in [-0.4, -0.2) is 31.7 Å². The number of ether oxygens (including phenoxy) is 2. The van der Waals surface area contributed by atoms with E-state index in [-0.39, 0.29) is 6.61 Å². The van der Waals surface area contributed by atoms with Crippen molar-refractivity contribution in [2.75, 3.05) is 20.3 Å². The van der Waals surface area contributed by atoms with Crippen molar-refractivity contribution in [2.24, 2.45) is 5.16 Å². The van der Waals surface area contributed by atoms with Crippen molar-refractivity contribution in [1.29, 1.82) is 0 Å². The molecule has 0 saturated carbocycles. The average Bonchev–Trinajstić information content (AvgIpc) is 2.28. The summed E-state index contributed by atoms with van der Waals surface area (Å²) in [7, 11) is 1.69. The molecule has 1 aromatic rings. The fraction of sp³-hybridized carbons (Fsp3) is 0.364. The highest BCUT2D eigenvalue weighted by molar-refractivity contribution is 5.58. The fourth-order valence-electron chi connectivity index (χ4n) is 1.14. The molecular formula is C11H15NO3. The van der Waals surface area contributed by atoms with E-state index in [1.807, 2.05) is 24.3 Å². The molecule has 4 nitrogen and oxygen atoms in total. The second-order valence-electron chi connectivity index (χ2n) is 3.00. The summed E-state index contributed by atoms with van der Waals surface area (Å²) in [6, 6.07) is 7.75. The summed E-state index contributed by atoms with van der Waals surface area (Å²) in [4.78, 5) is 0. The molecule has 1 aromatic carbocycles. The highest BCUT2D eigenvalue weighted by atomic mass is 16.5. The fourth-order valence-corrected chi connectivity index (χ4v) is 1.14. The highest BCUT2D eigenvalue weighted by Crippen LogP contribution is 2.12. The van der Waals surface area contributed by atoms with E-state index in [2.05, 4.69) is 5.16 Å². The van der Waals surface area contributed by atoms with Gasteiger partial charge in [0.05, 0.1) is 12.8 Å². The summed E-state index contributed by atoms with van der Waals surface area (Å²) >= 11 is 0. The Bertz CT molecular complexity index is 295. The molecule has 0 atom stereocenters. The van der Waals surface area contributed by atoms with Crippen LogP contribution in [0.4, 0.5) is 0 Å². The monoisotopic (exact) mass is 209 g/mol. The lowest BCUT2D eigenvalue weighted by molar-refractivity contribution is 0.202. The lowest BCUT2D eigenvalue weighted by Crippen LogP contribution is -1.99. The van der Waals surface area contributed by atoms with Crippen molar-refractivity contribution in [3.63, 3.8) is 0 Å². The van der Waals surface area contributed by atoms with Crippen molar-refractivity contribution in [3.05, 3.63) is 29.8 Å². The molecule has 0 heterocycles. The first-order valence-corrected chi connectivity index (χ1v) is 4.73.